The van der Waals surface area contributed by atoms with E-state index in [-0.39, 0.29) is 16.8 Å². The highest BCUT2D eigenvalue weighted by atomic mass is 32.2. The number of urea groups is 1. The number of likely N-dealkylation sites (tertiary alicyclic amines) is 1. The van der Waals surface area contributed by atoms with Gasteiger partial charge in [0.1, 0.15) is 0 Å². The van der Waals surface area contributed by atoms with Gasteiger partial charge < -0.3 is 10.2 Å². The SMILES string of the molecule is CC(C)(C)NC(=O)N1CCC(CNS(=O)(=O)C2CC2)CC1. The van der Waals surface area contributed by atoms with Gasteiger partial charge in [0.15, 0.2) is 0 Å². The Hall–Kier alpha value is -0.820. The monoisotopic (exact) mass is 317 g/mol. The van der Waals surface area contributed by atoms with Crippen LogP contribution in [0.25, 0.3) is 0 Å². The van der Waals surface area contributed by atoms with Crippen molar-refractivity contribution in [2.45, 2.75) is 57.2 Å². The van der Waals surface area contributed by atoms with Gasteiger partial charge in [0.05, 0.1) is 5.25 Å². The smallest absolute Gasteiger partial charge is 0.317 e. The summed E-state index contributed by atoms with van der Waals surface area (Å²) in [4.78, 5) is 13.9. The third-order valence-electron chi connectivity index (χ3n) is 3.92. The van der Waals surface area contributed by atoms with Crippen molar-refractivity contribution in [2.75, 3.05) is 19.6 Å². The molecule has 0 atom stereocenters. The molecule has 2 aliphatic rings. The third kappa shape index (κ3) is 5.14. The Morgan fingerprint density at radius 1 is 1.14 bits per heavy atom. The van der Waals surface area contributed by atoms with E-state index in [0.717, 1.165) is 25.7 Å². The van der Waals surface area contributed by atoms with Crippen molar-refractivity contribution in [1.29, 1.82) is 0 Å². The molecular weight excluding hydrogens is 290 g/mol. The lowest BCUT2D eigenvalue weighted by molar-refractivity contribution is 0.163. The molecule has 2 N–H and O–H groups in total. The van der Waals surface area contributed by atoms with Gasteiger partial charge >= 0.3 is 6.03 Å². The largest absolute Gasteiger partial charge is 0.333 e. The molecule has 6 nitrogen and oxygen atoms in total. The fourth-order valence-electron chi connectivity index (χ4n) is 2.47. The zero-order valence-electron chi connectivity index (χ0n) is 13.2. The van der Waals surface area contributed by atoms with Crippen LogP contribution in [0, 0.1) is 5.92 Å². The van der Waals surface area contributed by atoms with Crippen LogP contribution < -0.4 is 10.0 Å². The van der Waals surface area contributed by atoms with Crippen molar-refractivity contribution in [3.05, 3.63) is 0 Å². The topological polar surface area (TPSA) is 78.5 Å². The molecule has 1 aliphatic heterocycles. The molecule has 1 saturated carbocycles. The summed E-state index contributed by atoms with van der Waals surface area (Å²) >= 11 is 0. The van der Waals surface area contributed by atoms with Gasteiger partial charge in [-0.3, -0.25) is 0 Å². The van der Waals surface area contributed by atoms with Gasteiger partial charge in [-0.15, -0.1) is 0 Å². The first kappa shape index (κ1) is 16.5. The molecular formula is C14H27N3O3S. The first-order valence-corrected chi connectivity index (χ1v) is 9.27. The molecule has 0 aromatic heterocycles. The average Bonchev–Trinajstić information content (AvgIpc) is 3.19. The normalized spacial score (nSPS) is 21.4. The Balaban J connectivity index is 1.72. The number of piperidine rings is 1. The van der Waals surface area contributed by atoms with Crippen LogP contribution in [0.3, 0.4) is 0 Å². The lowest BCUT2D eigenvalue weighted by Gasteiger charge is -2.34. The number of carbonyl (C=O) groups is 1. The Bertz CT molecular complexity index is 472. The number of nitrogens with zero attached hydrogens (tertiary/aromatic N) is 1. The minimum absolute atomic E-state index is 0.0282. The second kappa shape index (κ2) is 6.12. The quantitative estimate of drug-likeness (QED) is 0.820. The van der Waals surface area contributed by atoms with Crippen LogP contribution in [0.1, 0.15) is 46.5 Å². The second-order valence-corrected chi connectivity index (χ2v) is 9.25. The average molecular weight is 317 g/mol. The Labute approximate surface area is 127 Å². The molecule has 0 aromatic carbocycles. The molecule has 21 heavy (non-hydrogen) atoms. The van der Waals surface area contributed by atoms with Crippen molar-refractivity contribution < 1.29 is 13.2 Å². The van der Waals surface area contributed by atoms with Crippen molar-refractivity contribution in [3.8, 4) is 0 Å². The van der Waals surface area contributed by atoms with Crippen LogP contribution in [0.4, 0.5) is 4.79 Å². The number of rotatable bonds is 4. The number of amides is 2. The van der Waals surface area contributed by atoms with Crippen molar-refractivity contribution in [1.82, 2.24) is 14.9 Å². The molecule has 1 heterocycles. The second-order valence-electron chi connectivity index (χ2n) is 7.20. The van der Waals surface area contributed by atoms with Crippen molar-refractivity contribution in [2.24, 2.45) is 5.92 Å². The molecule has 2 rings (SSSR count). The van der Waals surface area contributed by atoms with Crippen LogP contribution in [-0.2, 0) is 10.0 Å². The summed E-state index contributed by atoms with van der Waals surface area (Å²) in [6.45, 7) is 7.78. The fraction of sp³-hybridized carbons (Fsp3) is 0.929. The standard InChI is InChI=1S/C14H27N3O3S/c1-14(2,3)16-13(18)17-8-6-11(7-9-17)10-15-21(19,20)12-4-5-12/h11-12,15H,4-10H2,1-3H3,(H,16,18). The maximum Gasteiger partial charge on any atom is 0.317 e. The number of nitrogens with one attached hydrogen (secondary N) is 2. The van der Waals surface area contributed by atoms with Gasteiger partial charge in [0.25, 0.3) is 0 Å². The molecule has 1 saturated heterocycles. The number of sulfonamides is 1. The third-order valence-corrected chi connectivity index (χ3v) is 5.84. The minimum Gasteiger partial charge on any atom is -0.333 e. The summed E-state index contributed by atoms with van der Waals surface area (Å²) in [5.41, 5.74) is -0.228. The molecule has 0 bridgehead atoms. The zero-order chi connectivity index (χ0) is 15.7. The van der Waals surface area contributed by atoms with Crippen LogP contribution in [0.15, 0.2) is 0 Å². The van der Waals surface area contributed by atoms with Crippen LogP contribution in [0.5, 0.6) is 0 Å². The van der Waals surface area contributed by atoms with E-state index in [2.05, 4.69) is 10.0 Å². The highest BCUT2D eigenvalue weighted by molar-refractivity contribution is 7.90. The van der Waals surface area contributed by atoms with Crippen LogP contribution >= 0.6 is 0 Å². The van der Waals surface area contributed by atoms with Gasteiger partial charge in [-0.05, 0) is 52.4 Å². The van der Waals surface area contributed by atoms with E-state index in [1.807, 2.05) is 25.7 Å². The molecule has 1 aliphatic carbocycles. The molecule has 7 heteroatoms. The maximum atomic E-state index is 12.0. The summed E-state index contributed by atoms with van der Waals surface area (Å²) in [5, 5.41) is 2.80. The summed E-state index contributed by atoms with van der Waals surface area (Å²) in [7, 11) is -3.08. The first-order chi connectivity index (χ1) is 9.67. The lowest BCUT2D eigenvalue weighted by Crippen LogP contribution is -2.51. The number of hydrogen-bond donors (Lipinski definition) is 2. The maximum absolute atomic E-state index is 12.0. The molecule has 0 spiro atoms. The number of hydrogen-bond acceptors (Lipinski definition) is 3. The Morgan fingerprint density at radius 2 is 1.71 bits per heavy atom. The van der Waals surface area contributed by atoms with E-state index < -0.39 is 10.0 Å². The summed E-state index contributed by atoms with van der Waals surface area (Å²) < 4.78 is 26.3. The minimum atomic E-state index is -3.08. The molecule has 2 fully saturated rings. The molecule has 0 radical (unpaired) electrons. The molecule has 0 unspecified atom stereocenters. The summed E-state index contributed by atoms with van der Waals surface area (Å²) in [5.74, 6) is 0.331. The Kier molecular flexibility index (Phi) is 4.82. The molecule has 122 valence electrons. The predicted molar refractivity (Wildman–Crippen MR) is 82.5 cm³/mol. The number of carbonyl (C=O) groups excluding carboxylic acids is 1. The van der Waals surface area contributed by atoms with Crippen molar-refractivity contribution >= 4 is 16.1 Å². The molecule has 0 aromatic rings. The van der Waals surface area contributed by atoms with Gasteiger partial charge in [0.2, 0.25) is 10.0 Å². The highest BCUT2D eigenvalue weighted by Crippen LogP contribution is 2.27. The van der Waals surface area contributed by atoms with Crippen LogP contribution in [0.2, 0.25) is 0 Å². The van der Waals surface area contributed by atoms with E-state index in [1.165, 1.54) is 0 Å². The first-order valence-electron chi connectivity index (χ1n) is 7.73. The van der Waals surface area contributed by atoms with E-state index in [9.17, 15) is 13.2 Å². The fourth-order valence-corrected chi connectivity index (χ4v) is 3.93. The zero-order valence-corrected chi connectivity index (χ0v) is 14.0. The van der Waals surface area contributed by atoms with Gasteiger partial charge in [-0.2, -0.15) is 0 Å². The van der Waals surface area contributed by atoms with Crippen LogP contribution in [-0.4, -0.2) is 49.8 Å². The van der Waals surface area contributed by atoms with Crippen molar-refractivity contribution in [3.63, 3.8) is 0 Å². The van der Waals surface area contributed by atoms with E-state index in [1.54, 1.807) is 0 Å². The highest BCUT2D eigenvalue weighted by Gasteiger charge is 2.36. The predicted octanol–water partition coefficient (Wildman–Crippen LogP) is 1.29. The molecule has 2 amide bonds. The summed E-state index contributed by atoms with van der Waals surface area (Å²) in [6, 6.07) is -0.0282. The van der Waals surface area contributed by atoms with Gasteiger partial charge in [0, 0.05) is 25.2 Å². The summed E-state index contributed by atoms with van der Waals surface area (Å²) in [6.07, 6.45) is 3.29. The van der Waals surface area contributed by atoms with Gasteiger partial charge in [-0.25, -0.2) is 17.9 Å². The van der Waals surface area contributed by atoms with E-state index in [4.69, 9.17) is 0 Å². The lowest BCUT2D eigenvalue weighted by atomic mass is 9.97. The van der Waals surface area contributed by atoms with E-state index >= 15 is 0 Å². The Morgan fingerprint density at radius 3 is 2.19 bits per heavy atom. The van der Waals surface area contributed by atoms with Gasteiger partial charge in [-0.1, -0.05) is 0 Å². The van der Waals surface area contributed by atoms with E-state index in [0.29, 0.717) is 25.6 Å².